The summed E-state index contributed by atoms with van der Waals surface area (Å²) < 4.78 is 6.63. The first-order valence-electron chi connectivity index (χ1n) is 10.8. The molecule has 0 aliphatic heterocycles. The van der Waals surface area contributed by atoms with E-state index in [1.165, 1.54) is 32.1 Å². The molecule has 0 heterocycles. The second kappa shape index (κ2) is 12.4. The molecule has 1 aliphatic carbocycles. The Hall–Kier alpha value is -1.66. The number of nitrogens with zero attached hydrogens (tertiary/aromatic N) is 3. The molecule has 1 saturated carbocycles. The third kappa shape index (κ3) is 8.77. The van der Waals surface area contributed by atoms with Crippen LogP contribution in [0.1, 0.15) is 44.1 Å². The van der Waals surface area contributed by atoms with Crippen LogP contribution in [0.5, 0.6) is 5.75 Å². The monoisotopic (exact) mass is 465 g/mol. The lowest BCUT2D eigenvalue weighted by Crippen LogP contribution is -3.00. The molecule has 0 bridgehead atoms. The Morgan fingerprint density at radius 2 is 1.65 bits per heavy atom. The van der Waals surface area contributed by atoms with E-state index in [2.05, 4.69) is 24.3 Å². The van der Waals surface area contributed by atoms with Gasteiger partial charge in [-0.25, -0.2) is 0 Å². The number of aromatic hydroxyl groups is 1. The molecule has 3 rings (SSSR count). The molecular formula is C24H33Cl2N3O2. The summed E-state index contributed by atoms with van der Waals surface area (Å²) in [7, 11) is 4.23. The molecule has 7 heteroatoms. The van der Waals surface area contributed by atoms with Crippen LogP contribution in [-0.4, -0.2) is 37.0 Å². The van der Waals surface area contributed by atoms with Crippen molar-refractivity contribution in [2.24, 2.45) is 16.1 Å². The van der Waals surface area contributed by atoms with Crippen molar-refractivity contribution in [2.75, 3.05) is 27.4 Å². The van der Waals surface area contributed by atoms with Crippen LogP contribution in [0.4, 0.5) is 11.4 Å². The van der Waals surface area contributed by atoms with Crippen molar-refractivity contribution in [1.82, 2.24) is 0 Å². The Bertz CT molecular complexity index is 835. The number of quaternary nitrogens is 1. The number of benzene rings is 2. The van der Waals surface area contributed by atoms with Crippen LogP contribution in [0.25, 0.3) is 0 Å². The minimum atomic E-state index is 0. The predicted molar refractivity (Wildman–Crippen MR) is 122 cm³/mol. The Balaban J connectivity index is 0.00000341. The van der Waals surface area contributed by atoms with Crippen molar-refractivity contribution < 1.29 is 26.7 Å². The van der Waals surface area contributed by atoms with E-state index in [9.17, 15) is 5.11 Å². The number of halogens is 2. The van der Waals surface area contributed by atoms with Crippen LogP contribution < -0.4 is 12.4 Å². The molecule has 0 radical (unpaired) electrons. The van der Waals surface area contributed by atoms with Crippen molar-refractivity contribution in [2.45, 2.75) is 45.1 Å². The first-order valence-corrected chi connectivity index (χ1v) is 11.2. The Kier molecular flexibility index (Phi) is 10.2. The summed E-state index contributed by atoms with van der Waals surface area (Å²) in [6.45, 7) is 2.08. The number of phenols is 1. The van der Waals surface area contributed by atoms with Gasteiger partial charge >= 0.3 is 0 Å². The first kappa shape index (κ1) is 25.6. The van der Waals surface area contributed by atoms with Crippen LogP contribution in [0, 0.1) is 5.92 Å². The Morgan fingerprint density at radius 1 is 1.00 bits per heavy atom. The summed E-state index contributed by atoms with van der Waals surface area (Å²) in [6.07, 6.45) is 8.00. The highest BCUT2D eigenvalue weighted by atomic mass is 35.5. The highest BCUT2D eigenvalue weighted by molar-refractivity contribution is 6.30. The van der Waals surface area contributed by atoms with E-state index in [-0.39, 0.29) is 18.2 Å². The normalized spacial score (nSPS) is 15.2. The molecule has 0 amide bonds. The molecule has 1 aliphatic rings. The zero-order valence-corrected chi connectivity index (χ0v) is 19.9. The number of phenolic OH excluding ortho intramolecular Hbond substituents is 1. The molecule has 1 fully saturated rings. The van der Waals surface area contributed by atoms with Crippen molar-refractivity contribution in [3.63, 3.8) is 0 Å². The van der Waals surface area contributed by atoms with Crippen molar-refractivity contribution in [3.8, 4) is 5.75 Å². The molecule has 0 spiro atoms. The van der Waals surface area contributed by atoms with E-state index in [1.54, 1.807) is 24.3 Å². The van der Waals surface area contributed by atoms with Gasteiger partial charge in [-0.05, 0) is 54.8 Å². The minimum Gasteiger partial charge on any atom is -1.00 e. The number of hydrogen-bond donors (Lipinski definition) is 1. The highest BCUT2D eigenvalue weighted by Gasteiger charge is 2.20. The molecule has 0 saturated heterocycles. The van der Waals surface area contributed by atoms with Crippen molar-refractivity contribution >= 4 is 23.0 Å². The molecule has 31 heavy (non-hydrogen) atoms. The lowest BCUT2D eigenvalue weighted by molar-refractivity contribution is -0.922. The van der Waals surface area contributed by atoms with Crippen LogP contribution in [0.2, 0.25) is 5.02 Å². The first-order chi connectivity index (χ1) is 14.4. The predicted octanol–water partition coefficient (Wildman–Crippen LogP) is 3.99. The number of rotatable bonds is 9. The number of ether oxygens (including phenoxy) is 1. The van der Waals surface area contributed by atoms with Gasteiger partial charge < -0.3 is 26.7 Å². The molecule has 0 atom stereocenters. The maximum absolute atomic E-state index is 10.3. The highest BCUT2D eigenvalue weighted by Crippen LogP contribution is 2.28. The molecule has 0 aromatic heterocycles. The third-order valence-corrected chi connectivity index (χ3v) is 5.86. The summed E-state index contributed by atoms with van der Waals surface area (Å²) in [4.78, 5) is 0. The summed E-state index contributed by atoms with van der Waals surface area (Å²) >= 11 is 5.90. The fraction of sp³-hybridized carbons (Fsp3) is 0.500. The topological polar surface area (TPSA) is 54.2 Å². The van der Waals surface area contributed by atoms with Gasteiger partial charge in [-0.15, -0.1) is 0 Å². The van der Waals surface area contributed by atoms with Gasteiger partial charge in [0, 0.05) is 5.02 Å². The number of azo groups is 1. The fourth-order valence-corrected chi connectivity index (χ4v) is 4.05. The van der Waals surface area contributed by atoms with Crippen LogP contribution in [0.15, 0.2) is 52.7 Å². The van der Waals surface area contributed by atoms with Crippen molar-refractivity contribution in [3.05, 3.63) is 53.1 Å². The molecule has 0 unspecified atom stereocenters. The van der Waals surface area contributed by atoms with E-state index in [1.807, 2.05) is 18.2 Å². The average molecular weight is 466 g/mol. The zero-order chi connectivity index (χ0) is 21.4. The van der Waals surface area contributed by atoms with Gasteiger partial charge in [-0.1, -0.05) is 43.7 Å². The second-order valence-electron chi connectivity index (χ2n) is 8.91. The van der Waals surface area contributed by atoms with Crippen LogP contribution >= 0.6 is 11.6 Å². The summed E-state index contributed by atoms with van der Waals surface area (Å²) in [5, 5.41) is 19.5. The van der Waals surface area contributed by atoms with E-state index in [0.29, 0.717) is 28.5 Å². The van der Waals surface area contributed by atoms with Gasteiger partial charge in [0.15, 0.2) is 6.73 Å². The second-order valence-corrected chi connectivity index (χ2v) is 9.35. The molecule has 2 aromatic rings. The summed E-state index contributed by atoms with van der Waals surface area (Å²) in [6, 6.07) is 12.5. The van der Waals surface area contributed by atoms with Crippen molar-refractivity contribution in [1.29, 1.82) is 0 Å². The van der Waals surface area contributed by atoms with Gasteiger partial charge in [-0.3, -0.25) is 0 Å². The minimum absolute atomic E-state index is 0. The van der Waals surface area contributed by atoms with Gasteiger partial charge in [0.05, 0.1) is 37.6 Å². The molecule has 5 nitrogen and oxygen atoms in total. The SMILES string of the molecule is C[N+](C)(COCCC1CCCCC1)Cc1cc(N=Nc2ccc(Cl)cc2)ccc1O.[Cl-]. The molecule has 1 N–H and O–H groups in total. The smallest absolute Gasteiger partial charge is 0.182 e. The fourth-order valence-electron chi connectivity index (χ4n) is 3.93. The van der Waals surface area contributed by atoms with Gasteiger partial charge in [-0.2, -0.15) is 10.2 Å². The van der Waals surface area contributed by atoms with E-state index >= 15 is 0 Å². The van der Waals surface area contributed by atoms with Gasteiger partial charge in [0.2, 0.25) is 0 Å². The Labute approximate surface area is 197 Å². The van der Waals surface area contributed by atoms with E-state index in [0.717, 1.165) is 30.2 Å². The Morgan fingerprint density at radius 3 is 2.35 bits per heavy atom. The van der Waals surface area contributed by atoms with E-state index < -0.39 is 0 Å². The largest absolute Gasteiger partial charge is 1.00 e. The lowest BCUT2D eigenvalue weighted by atomic mass is 9.87. The molecule has 170 valence electrons. The van der Waals surface area contributed by atoms with Gasteiger partial charge in [0.25, 0.3) is 0 Å². The zero-order valence-electron chi connectivity index (χ0n) is 18.4. The quantitative estimate of drug-likeness (QED) is 0.263. The lowest BCUT2D eigenvalue weighted by Gasteiger charge is -2.30. The standard InChI is InChI=1S/C24H32ClN3O2.ClH/c1-28(2,18-30-15-14-19-6-4-3-5-7-19)17-20-16-23(12-13-24(20)29)27-26-22-10-8-21(25)9-11-22;/h8-13,16,19H,3-7,14-15,17-18H2,1-2H3;1H. The van der Waals surface area contributed by atoms with Crippen LogP contribution in [0.3, 0.4) is 0 Å². The summed E-state index contributed by atoms with van der Waals surface area (Å²) in [5.41, 5.74) is 2.27. The van der Waals surface area contributed by atoms with Crippen LogP contribution in [-0.2, 0) is 11.3 Å². The maximum Gasteiger partial charge on any atom is 0.182 e. The average Bonchev–Trinajstić information content (AvgIpc) is 2.73. The molecule has 2 aromatic carbocycles. The van der Waals surface area contributed by atoms with Gasteiger partial charge in [0.1, 0.15) is 12.3 Å². The van der Waals surface area contributed by atoms with E-state index in [4.69, 9.17) is 16.3 Å². The summed E-state index contributed by atoms with van der Waals surface area (Å²) in [5.74, 6) is 1.11. The maximum atomic E-state index is 10.3. The molecular weight excluding hydrogens is 433 g/mol. The number of hydrogen-bond acceptors (Lipinski definition) is 4. The third-order valence-electron chi connectivity index (χ3n) is 5.60.